The fourth-order valence-electron chi connectivity index (χ4n) is 4.15. The van der Waals surface area contributed by atoms with Gasteiger partial charge in [-0.15, -0.1) is 11.3 Å². The molecular formula is C22H26BrN3O2S. The Balaban J connectivity index is 1.31. The minimum absolute atomic E-state index is 0.0390. The van der Waals surface area contributed by atoms with E-state index < -0.39 is 0 Å². The van der Waals surface area contributed by atoms with Crippen LogP contribution in [0.4, 0.5) is 0 Å². The number of piperazine rings is 1. The van der Waals surface area contributed by atoms with E-state index in [9.17, 15) is 9.59 Å². The van der Waals surface area contributed by atoms with Gasteiger partial charge in [0.2, 0.25) is 5.91 Å². The average Bonchev–Trinajstić information content (AvgIpc) is 3.44. The van der Waals surface area contributed by atoms with E-state index in [-0.39, 0.29) is 17.9 Å². The number of halogens is 1. The summed E-state index contributed by atoms with van der Waals surface area (Å²) >= 11 is 5.21. The summed E-state index contributed by atoms with van der Waals surface area (Å²) < 4.78 is 0.944. The molecule has 0 aliphatic carbocycles. The molecule has 1 aromatic heterocycles. The van der Waals surface area contributed by atoms with E-state index in [1.54, 1.807) is 16.2 Å². The zero-order valence-electron chi connectivity index (χ0n) is 16.4. The van der Waals surface area contributed by atoms with E-state index in [0.29, 0.717) is 12.1 Å². The fraction of sp³-hybridized carbons (Fsp3) is 0.455. The van der Waals surface area contributed by atoms with Crippen LogP contribution in [-0.4, -0.2) is 71.8 Å². The number of benzene rings is 1. The normalized spacial score (nSPS) is 20.2. The quantitative estimate of drug-likeness (QED) is 0.664. The van der Waals surface area contributed by atoms with Crippen LogP contribution in [0.2, 0.25) is 0 Å². The molecule has 1 atom stereocenters. The van der Waals surface area contributed by atoms with Gasteiger partial charge in [0.05, 0.1) is 0 Å². The number of amides is 2. The Kier molecular flexibility index (Phi) is 6.67. The SMILES string of the molecule is O=C(C1CCCN1C(=O)c1ccc(Br)cc1)N1CCN(CCc2cccs2)CC1. The summed E-state index contributed by atoms with van der Waals surface area (Å²) in [5.74, 6) is 0.0776. The predicted octanol–water partition coefficient (Wildman–Crippen LogP) is 3.50. The summed E-state index contributed by atoms with van der Waals surface area (Å²) in [5.41, 5.74) is 0.645. The molecule has 0 radical (unpaired) electrons. The topological polar surface area (TPSA) is 43.9 Å². The van der Waals surface area contributed by atoms with Crippen LogP contribution in [0.25, 0.3) is 0 Å². The summed E-state index contributed by atoms with van der Waals surface area (Å²) in [7, 11) is 0. The predicted molar refractivity (Wildman–Crippen MR) is 119 cm³/mol. The molecule has 3 heterocycles. The maximum Gasteiger partial charge on any atom is 0.254 e. The molecule has 0 saturated carbocycles. The standard InChI is InChI=1S/C22H26BrN3O2S/c23-18-7-5-17(6-8-18)21(27)26-10-1-4-20(26)22(28)25-14-12-24(13-15-25)11-9-19-3-2-16-29-19/h2-3,5-8,16,20H,1,4,9-15H2. The Bertz CT molecular complexity index is 832. The Morgan fingerprint density at radius 2 is 1.79 bits per heavy atom. The first-order valence-corrected chi connectivity index (χ1v) is 11.9. The van der Waals surface area contributed by atoms with Gasteiger partial charge in [-0.25, -0.2) is 0 Å². The van der Waals surface area contributed by atoms with Gasteiger partial charge in [-0.3, -0.25) is 14.5 Å². The lowest BCUT2D eigenvalue weighted by Crippen LogP contribution is -2.54. The van der Waals surface area contributed by atoms with Crippen molar-refractivity contribution >= 4 is 39.1 Å². The molecule has 2 amide bonds. The van der Waals surface area contributed by atoms with Gasteiger partial charge >= 0.3 is 0 Å². The third-order valence-corrected chi connectivity index (χ3v) is 7.29. The highest BCUT2D eigenvalue weighted by molar-refractivity contribution is 9.10. The molecule has 29 heavy (non-hydrogen) atoms. The van der Waals surface area contributed by atoms with Crippen LogP contribution in [0.1, 0.15) is 28.1 Å². The van der Waals surface area contributed by atoms with Crippen LogP contribution in [0.5, 0.6) is 0 Å². The van der Waals surface area contributed by atoms with Gasteiger partial charge in [-0.2, -0.15) is 0 Å². The lowest BCUT2D eigenvalue weighted by molar-refractivity contribution is -0.137. The highest BCUT2D eigenvalue weighted by Crippen LogP contribution is 2.23. The van der Waals surface area contributed by atoms with Gasteiger partial charge in [-0.05, 0) is 55.0 Å². The molecule has 2 aliphatic heterocycles. The van der Waals surface area contributed by atoms with E-state index >= 15 is 0 Å². The summed E-state index contributed by atoms with van der Waals surface area (Å²) in [4.78, 5) is 33.7. The molecule has 2 aliphatic rings. The highest BCUT2D eigenvalue weighted by atomic mass is 79.9. The number of carbonyl (C=O) groups is 2. The van der Waals surface area contributed by atoms with Gasteiger partial charge in [0.1, 0.15) is 6.04 Å². The van der Waals surface area contributed by atoms with E-state index in [4.69, 9.17) is 0 Å². The lowest BCUT2D eigenvalue weighted by atomic mass is 10.1. The molecule has 1 unspecified atom stereocenters. The van der Waals surface area contributed by atoms with Crippen molar-refractivity contribution < 1.29 is 9.59 Å². The van der Waals surface area contributed by atoms with Crippen LogP contribution in [0.15, 0.2) is 46.3 Å². The molecule has 0 bridgehead atoms. The first-order chi connectivity index (χ1) is 14.1. The van der Waals surface area contributed by atoms with E-state index in [1.807, 2.05) is 29.2 Å². The minimum atomic E-state index is -0.316. The first-order valence-electron chi connectivity index (χ1n) is 10.2. The van der Waals surface area contributed by atoms with Crippen molar-refractivity contribution in [3.8, 4) is 0 Å². The number of hydrogen-bond acceptors (Lipinski definition) is 4. The molecule has 2 saturated heterocycles. The molecule has 4 rings (SSSR count). The number of hydrogen-bond donors (Lipinski definition) is 0. The molecule has 5 nitrogen and oxygen atoms in total. The van der Waals surface area contributed by atoms with Gasteiger partial charge in [-0.1, -0.05) is 22.0 Å². The van der Waals surface area contributed by atoms with E-state index in [0.717, 1.165) is 56.5 Å². The zero-order valence-corrected chi connectivity index (χ0v) is 18.8. The van der Waals surface area contributed by atoms with Crippen LogP contribution in [0, 0.1) is 0 Å². The molecule has 2 aromatic rings. The lowest BCUT2D eigenvalue weighted by Gasteiger charge is -2.37. The second-order valence-electron chi connectivity index (χ2n) is 7.66. The average molecular weight is 476 g/mol. The van der Waals surface area contributed by atoms with Crippen molar-refractivity contribution in [1.29, 1.82) is 0 Å². The number of nitrogens with zero attached hydrogens (tertiary/aromatic N) is 3. The van der Waals surface area contributed by atoms with E-state index in [1.165, 1.54) is 4.88 Å². The molecule has 1 aromatic carbocycles. The Labute approximate surface area is 184 Å². The van der Waals surface area contributed by atoms with Gasteiger partial charge in [0.25, 0.3) is 5.91 Å². The molecule has 0 N–H and O–H groups in total. The maximum atomic E-state index is 13.2. The van der Waals surface area contributed by atoms with Crippen LogP contribution >= 0.6 is 27.3 Å². The Hall–Kier alpha value is -1.70. The largest absolute Gasteiger partial charge is 0.338 e. The maximum absolute atomic E-state index is 13.2. The van der Waals surface area contributed by atoms with Gasteiger partial charge in [0, 0.05) is 54.2 Å². The Morgan fingerprint density at radius 3 is 2.48 bits per heavy atom. The molecule has 154 valence electrons. The van der Waals surface area contributed by atoms with Gasteiger partial charge < -0.3 is 9.80 Å². The summed E-state index contributed by atoms with van der Waals surface area (Å²) in [5, 5.41) is 2.12. The monoisotopic (exact) mass is 475 g/mol. The fourth-order valence-corrected chi connectivity index (χ4v) is 5.11. The van der Waals surface area contributed by atoms with Crippen molar-refractivity contribution in [2.24, 2.45) is 0 Å². The molecular weight excluding hydrogens is 450 g/mol. The number of thiophene rings is 1. The van der Waals surface area contributed by atoms with Gasteiger partial charge in [0.15, 0.2) is 0 Å². The second kappa shape index (κ2) is 9.41. The smallest absolute Gasteiger partial charge is 0.254 e. The summed E-state index contributed by atoms with van der Waals surface area (Å²) in [6.45, 7) is 5.02. The second-order valence-corrected chi connectivity index (χ2v) is 9.61. The Morgan fingerprint density at radius 1 is 1.03 bits per heavy atom. The van der Waals surface area contributed by atoms with Crippen molar-refractivity contribution in [2.75, 3.05) is 39.3 Å². The zero-order chi connectivity index (χ0) is 20.2. The van der Waals surface area contributed by atoms with E-state index in [2.05, 4.69) is 38.3 Å². The number of rotatable bonds is 5. The molecule has 0 spiro atoms. The van der Waals surface area contributed by atoms with Crippen LogP contribution in [0.3, 0.4) is 0 Å². The molecule has 7 heteroatoms. The van der Waals surface area contributed by atoms with Crippen LogP contribution < -0.4 is 0 Å². The summed E-state index contributed by atoms with van der Waals surface area (Å²) in [6, 6.07) is 11.3. The van der Waals surface area contributed by atoms with Crippen LogP contribution in [-0.2, 0) is 11.2 Å². The van der Waals surface area contributed by atoms with Crippen molar-refractivity contribution in [2.45, 2.75) is 25.3 Å². The summed E-state index contributed by atoms with van der Waals surface area (Å²) in [6.07, 6.45) is 2.73. The molecule has 2 fully saturated rings. The minimum Gasteiger partial charge on any atom is -0.338 e. The van der Waals surface area contributed by atoms with Crippen molar-refractivity contribution in [1.82, 2.24) is 14.7 Å². The number of likely N-dealkylation sites (tertiary alicyclic amines) is 1. The number of carbonyl (C=O) groups excluding carboxylic acids is 2. The third-order valence-electron chi connectivity index (χ3n) is 5.83. The van der Waals surface area contributed by atoms with Crippen molar-refractivity contribution in [3.63, 3.8) is 0 Å². The van der Waals surface area contributed by atoms with Crippen molar-refractivity contribution in [3.05, 3.63) is 56.7 Å². The highest BCUT2D eigenvalue weighted by Gasteiger charge is 2.37. The third kappa shape index (κ3) is 4.90. The first kappa shape index (κ1) is 20.6.